The molecule has 0 unspecified atom stereocenters. The molecule has 0 saturated carbocycles. The standard InChI is InChI=1S/C14H24N4O3/c1-4-20-8-6-18(7-9-21-5-2)14(19)12-10-17-13(15-3)11-16-12/h10-11H,4-9H2,1-3H3,(H,15,17). The Morgan fingerprint density at radius 1 is 1.14 bits per heavy atom. The van der Waals surface area contributed by atoms with Gasteiger partial charge in [-0.3, -0.25) is 4.79 Å². The zero-order valence-electron chi connectivity index (χ0n) is 13.0. The maximum absolute atomic E-state index is 12.4. The van der Waals surface area contributed by atoms with Gasteiger partial charge >= 0.3 is 0 Å². The monoisotopic (exact) mass is 296 g/mol. The lowest BCUT2D eigenvalue weighted by molar-refractivity contribution is 0.0545. The lowest BCUT2D eigenvalue weighted by atomic mass is 10.3. The van der Waals surface area contributed by atoms with Crippen LogP contribution in [0, 0.1) is 0 Å². The summed E-state index contributed by atoms with van der Waals surface area (Å²) in [5.74, 6) is 0.464. The van der Waals surface area contributed by atoms with Crippen molar-refractivity contribution in [1.29, 1.82) is 0 Å². The lowest BCUT2D eigenvalue weighted by Gasteiger charge is -2.22. The Kier molecular flexibility index (Phi) is 8.30. The third kappa shape index (κ3) is 6.05. The van der Waals surface area contributed by atoms with E-state index in [-0.39, 0.29) is 5.91 Å². The molecule has 0 spiro atoms. The molecule has 0 aliphatic rings. The summed E-state index contributed by atoms with van der Waals surface area (Å²) in [6.07, 6.45) is 3.01. The highest BCUT2D eigenvalue weighted by atomic mass is 16.5. The lowest BCUT2D eigenvalue weighted by Crippen LogP contribution is -2.37. The number of hydrogen-bond donors (Lipinski definition) is 1. The van der Waals surface area contributed by atoms with Gasteiger partial charge in [0.2, 0.25) is 0 Å². The first kappa shape index (κ1) is 17.3. The normalized spacial score (nSPS) is 10.4. The van der Waals surface area contributed by atoms with Crippen LogP contribution in [0.5, 0.6) is 0 Å². The Morgan fingerprint density at radius 2 is 1.76 bits per heavy atom. The van der Waals surface area contributed by atoms with Crippen molar-refractivity contribution in [2.45, 2.75) is 13.8 Å². The summed E-state index contributed by atoms with van der Waals surface area (Å²) in [5.41, 5.74) is 0.321. The van der Waals surface area contributed by atoms with E-state index >= 15 is 0 Å². The minimum Gasteiger partial charge on any atom is -0.380 e. The van der Waals surface area contributed by atoms with Gasteiger partial charge in [0.15, 0.2) is 0 Å². The Morgan fingerprint density at radius 3 is 2.19 bits per heavy atom. The van der Waals surface area contributed by atoms with E-state index in [0.29, 0.717) is 51.0 Å². The number of nitrogens with one attached hydrogen (secondary N) is 1. The van der Waals surface area contributed by atoms with Crippen LogP contribution in [0.4, 0.5) is 5.82 Å². The largest absolute Gasteiger partial charge is 0.380 e. The summed E-state index contributed by atoms with van der Waals surface area (Å²) in [7, 11) is 1.75. The zero-order chi connectivity index (χ0) is 15.5. The molecule has 0 bridgehead atoms. The summed E-state index contributed by atoms with van der Waals surface area (Å²) < 4.78 is 10.6. The van der Waals surface area contributed by atoms with E-state index in [2.05, 4.69) is 15.3 Å². The van der Waals surface area contributed by atoms with Crippen molar-refractivity contribution in [3.63, 3.8) is 0 Å². The number of ether oxygens (including phenoxy) is 2. The van der Waals surface area contributed by atoms with Crippen LogP contribution in [0.15, 0.2) is 12.4 Å². The molecule has 0 radical (unpaired) electrons. The SMILES string of the molecule is CCOCCN(CCOCC)C(=O)c1cnc(NC)cn1. The van der Waals surface area contributed by atoms with E-state index in [9.17, 15) is 4.79 Å². The van der Waals surface area contributed by atoms with Crippen LogP contribution in [-0.2, 0) is 9.47 Å². The van der Waals surface area contributed by atoms with Crippen LogP contribution in [0.2, 0.25) is 0 Å². The summed E-state index contributed by atoms with van der Waals surface area (Å²) in [6.45, 7) is 7.12. The molecule has 0 saturated heterocycles. The number of aromatic nitrogens is 2. The smallest absolute Gasteiger partial charge is 0.274 e. The summed E-state index contributed by atoms with van der Waals surface area (Å²) in [4.78, 5) is 22.3. The van der Waals surface area contributed by atoms with Gasteiger partial charge in [0.25, 0.3) is 5.91 Å². The summed E-state index contributed by atoms with van der Waals surface area (Å²) in [6, 6.07) is 0. The molecule has 0 atom stereocenters. The predicted octanol–water partition coefficient (Wildman–Crippen LogP) is 1.03. The number of hydrogen-bond acceptors (Lipinski definition) is 6. The maximum Gasteiger partial charge on any atom is 0.274 e. The highest BCUT2D eigenvalue weighted by molar-refractivity contribution is 5.92. The van der Waals surface area contributed by atoms with E-state index in [1.807, 2.05) is 13.8 Å². The molecular formula is C14H24N4O3. The minimum absolute atomic E-state index is 0.162. The number of rotatable bonds is 10. The van der Waals surface area contributed by atoms with Crippen LogP contribution in [0.25, 0.3) is 0 Å². The highest BCUT2D eigenvalue weighted by Crippen LogP contribution is 2.04. The first-order valence-corrected chi connectivity index (χ1v) is 7.17. The van der Waals surface area contributed by atoms with Crippen molar-refractivity contribution >= 4 is 11.7 Å². The van der Waals surface area contributed by atoms with E-state index < -0.39 is 0 Å². The summed E-state index contributed by atoms with van der Waals surface area (Å²) in [5, 5.41) is 2.87. The first-order valence-electron chi connectivity index (χ1n) is 7.17. The molecular weight excluding hydrogens is 272 g/mol. The van der Waals surface area contributed by atoms with Crippen molar-refractivity contribution in [2.75, 3.05) is 51.9 Å². The predicted molar refractivity (Wildman–Crippen MR) is 80.5 cm³/mol. The molecule has 1 amide bonds. The van der Waals surface area contributed by atoms with E-state index in [1.54, 1.807) is 11.9 Å². The van der Waals surface area contributed by atoms with Gasteiger partial charge in [-0.25, -0.2) is 9.97 Å². The Labute approximate surface area is 125 Å². The maximum atomic E-state index is 12.4. The number of amides is 1. The first-order chi connectivity index (χ1) is 10.2. The number of nitrogens with zero attached hydrogens (tertiary/aromatic N) is 3. The average molecular weight is 296 g/mol. The number of anilines is 1. The van der Waals surface area contributed by atoms with Crippen molar-refractivity contribution in [3.05, 3.63) is 18.1 Å². The van der Waals surface area contributed by atoms with Crippen LogP contribution < -0.4 is 5.32 Å². The van der Waals surface area contributed by atoms with Gasteiger partial charge in [-0.2, -0.15) is 0 Å². The van der Waals surface area contributed by atoms with Crippen LogP contribution >= 0.6 is 0 Å². The molecule has 0 aliphatic heterocycles. The second-order valence-corrected chi connectivity index (χ2v) is 4.22. The fourth-order valence-electron chi connectivity index (χ4n) is 1.68. The fourth-order valence-corrected chi connectivity index (χ4v) is 1.68. The topological polar surface area (TPSA) is 76.6 Å². The van der Waals surface area contributed by atoms with Gasteiger partial charge in [0.1, 0.15) is 11.5 Å². The quantitative estimate of drug-likeness (QED) is 0.650. The Balaban J connectivity index is 2.66. The minimum atomic E-state index is -0.162. The van der Waals surface area contributed by atoms with Crippen LogP contribution in [-0.4, -0.2) is 67.3 Å². The highest BCUT2D eigenvalue weighted by Gasteiger charge is 2.17. The van der Waals surface area contributed by atoms with Crippen molar-refractivity contribution in [2.24, 2.45) is 0 Å². The second-order valence-electron chi connectivity index (χ2n) is 4.22. The van der Waals surface area contributed by atoms with Gasteiger partial charge in [0.05, 0.1) is 25.6 Å². The van der Waals surface area contributed by atoms with E-state index in [4.69, 9.17) is 9.47 Å². The van der Waals surface area contributed by atoms with Gasteiger partial charge in [0, 0.05) is 33.4 Å². The van der Waals surface area contributed by atoms with Crippen molar-refractivity contribution in [3.8, 4) is 0 Å². The third-order valence-corrected chi connectivity index (χ3v) is 2.83. The van der Waals surface area contributed by atoms with Gasteiger partial charge in [-0.05, 0) is 13.8 Å². The molecule has 0 aliphatic carbocycles. The van der Waals surface area contributed by atoms with E-state index in [1.165, 1.54) is 12.4 Å². The van der Waals surface area contributed by atoms with Gasteiger partial charge < -0.3 is 19.7 Å². The second kappa shape index (κ2) is 10.1. The van der Waals surface area contributed by atoms with Crippen LogP contribution in [0.1, 0.15) is 24.3 Å². The molecule has 118 valence electrons. The molecule has 1 rings (SSSR count). The molecule has 7 heteroatoms. The Hall–Kier alpha value is -1.73. The third-order valence-electron chi connectivity index (χ3n) is 2.83. The molecule has 7 nitrogen and oxygen atoms in total. The van der Waals surface area contributed by atoms with Crippen molar-refractivity contribution < 1.29 is 14.3 Å². The molecule has 1 aromatic rings. The van der Waals surface area contributed by atoms with Gasteiger partial charge in [-0.15, -0.1) is 0 Å². The molecule has 1 heterocycles. The molecule has 1 aromatic heterocycles. The van der Waals surface area contributed by atoms with Crippen LogP contribution in [0.3, 0.4) is 0 Å². The number of carbonyl (C=O) groups excluding carboxylic acids is 1. The van der Waals surface area contributed by atoms with E-state index in [0.717, 1.165) is 0 Å². The fraction of sp³-hybridized carbons (Fsp3) is 0.643. The van der Waals surface area contributed by atoms with Gasteiger partial charge in [-0.1, -0.05) is 0 Å². The average Bonchev–Trinajstić information content (AvgIpc) is 2.53. The molecule has 0 fully saturated rings. The number of carbonyl (C=O) groups is 1. The summed E-state index contributed by atoms with van der Waals surface area (Å²) >= 11 is 0. The molecule has 0 aromatic carbocycles. The Bertz CT molecular complexity index is 401. The zero-order valence-corrected chi connectivity index (χ0v) is 13.0. The molecule has 21 heavy (non-hydrogen) atoms. The molecule has 1 N–H and O–H groups in total. The van der Waals surface area contributed by atoms with Crippen molar-refractivity contribution in [1.82, 2.24) is 14.9 Å².